The van der Waals surface area contributed by atoms with E-state index < -0.39 is 16.4 Å². The number of ketones is 1. The molecule has 1 aromatic rings. The van der Waals surface area contributed by atoms with Crippen LogP contribution in [-0.2, 0) is 0 Å². The molecule has 2 N–H and O–H groups in total. The monoisotopic (exact) mass is 295 g/mol. The Bertz CT molecular complexity index is 634. The molecule has 0 radical (unpaired) electrons. The van der Waals surface area contributed by atoms with Gasteiger partial charge in [-0.2, -0.15) is 5.26 Å². The quantitative estimate of drug-likeness (QED) is 0.292. The fraction of sp³-hybridized carbons (Fsp3) is 0.167. The van der Waals surface area contributed by atoms with E-state index in [9.17, 15) is 14.9 Å². The van der Waals surface area contributed by atoms with Gasteiger partial charge in [-0.1, -0.05) is 11.6 Å². The molecular formula is C12H10ClN3O4. The van der Waals surface area contributed by atoms with Crippen molar-refractivity contribution in [3.8, 4) is 11.8 Å². The molecule has 1 rings (SSSR count). The first-order chi connectivity index (χ1) is 9.46. The normalized spacial score (nSPS) is 10.8. The molecule has 0 fully saturated rings. The molecule has 0 aliphatic rings. The summed E-state index contributed by atoms with van der Waals surface area (Å²) in [4.78, 5) is 22.2. The standard InChI is InChI=1S/C12H10ClN3O4/c1-2-20-11-4-9(13)8(3-10(11)16(18)19)12(17)7(5-14)6-15/h3-5H,2,14H2,1H3/b7-5+. The molecule has 0 saturated carbocycles. The van der Waals surface area contributed by atoms with E-state index in [0.717, 1.165) is 12.3 Å². The number of halogens is 1. The average molecular weight is 296 g/mol. The van der Waals surface area contributed by atoms with E-state index in [1.165, 1.54) is 6.07 Å². The Hall–Kier alpha value is -2.59. The van der Waals surface area contributed by atoms with Gasteiger partial charge in [0.2, 0.25) is 5.78 Å². The molecule has 0 heterocycles. The third-order valence-electron chi connectivity index (χ3n) is 2.32. The predicted molar refractivity (Wildman–Crippen MR) is 71.5 cm³/mol. The first-order valence-electron chi connectivity index (χ1n) is 5.43. The Labute approximate surface area is 119 Å². The molecule has 0 saturated heterocycles. The second kappa shape index (κ2) is 6.54. The van der Waals surface area contributed by atoms with Crippen molar-refractivity contribution in [2.45, 2.75) is 6.92 Å². The van der Waals surface area contributed by atoms with Crippen LogP contribution in [0.1, 0.15) is 17.3 Å². The van der Waals surface area contributed by atoms with Crippen molar-refractivity contribution >= 4 is 23.1 Å². The summed E-state index contributed by atoms with van der Waals surface area (Å²) in [7, 11) is 0. The van der Waals surface area contributed by atoms with Crippen molar-refractivity contribution in [2.75, 3.05) is 6.61 Å². The Morgan fingerprint density at radius 3 is 2.75 bits per heavy atom. The number of nitrogens with zero attached hydrogens (tertiary/aromatic N) is 2. The van der Waals surface area contributed by atoms with E-state index in [1.807, 2.05) is 0 Å². The number of hydrogen-bond acceptors (Lipinski definition) is 6. The minimum atomic E-state index is -0.786. The number of nitrogens with two attached hydrogens (primary N) is 1. The molecular weight excluding hydrogens is 286 g/mol. The number of rotatable bonds is 5. The van der Waals surface area contributed by atoms with E-state index >= 15 is 0 Å². The van der Waals surface area contributed by atoms with Gasteiger partial charge >= 0.3 is 5.69 Å². The van der Waals surface area contributed by atoms with Crippen LogP contribution in [0.5, 0.6) is 5.75 Å². The Balaban J connectivity index is 3.44. The van der Waals surface area contributed by atoms with Gasteiger partial charge in [0.15, 0.2) is 5.75 Å². The average Bonchev–Trinajstić information content (AvgIpc) is 2.40. The van der Waals surface area contributed by atoms with Crippen LogP contribution in [-0.4, -0.2) is 17.3 Å². The van der Waals surface area contributed by atoms with Crippen molar-refractivity contribution < 1.29 is 14.5 Å². The fourth-order valence-corrected chi connectivity index (χ4v) is 1.68. The van der Waals surface area contributed by atoms with Crippen molar-refractivity contribution in [3.63, 3.8) is 0 Å². The van der Waals surface area contributed by atoms with Crippen molar-refractivity contribution in [1.29, 1.82) is 5.26 Å². The number of hydrogen-bond donors (Lipinski definition) is 1. The number of benzene rings is 1. The Kier molecular flexibility index (Phi) is 5.06. The zero-order valence-corrected chi connectivity index (χ0v) is 11.2. The zero-order valence-electron chi connectivity index (χ0n) is 10.4. The second-order valence-electron chi connectivity index (χ2n) is 3.51. The molecule has 1 aromatic carbocycles. The molecule has 0 atom stereocenters. The van der Waals surface area contributed by atoms with Crippen LogP contribution in [0.4, 0.5) is 5.69 Å². The number of nitriles is 1. The minimum absolute atomic E-state index is 0.0470. The highest BCUT2D eigenvalue weighted by molar-refractivity contribution is 6.35. The fourth-order valence-electron chi connectivity index (χ4n) is 1.44. The number of ether oxygens (including phenoxy) is 1. The van der Waals surface area contributed by atoms with Gasteiger partial charge in [-0.3, -0.25) is 14.9 Å². The first kappa shape index (κ1) is 15.5. The summed E-state index contributed by atoms with van der Waals surface area (Å²) in [5, 5.41) is 19.6. The highest BCUT2D eigenvalue weighted by atomic mass is 35.5. The maximum Gasteiger partial charge on any atom is 0.311 e. The van der Waals surface area contributed by atoms with Crippen LogP contribution >= 0.6 is 11.6 Å². The van der Waals surface area contributed by atoms with Gasteiger partial charge in [-0.05, 0) is 6.92 Å². The topological polar surface area (TPSA) is 119 Å². The summed E-state index contributed by atoms with van der Waals surface area (Å²) < 4.78 is 5.09. The van der Waals surface area contributed by atoms with Crippen LogP contribution in [0.25, 0.3) is 0 Å². The van der Waals surface area contributed by atoms with Crippen LogP contribution in [0.3, 0.4) is 0 Å². The molecule has 8 heteroatoms. The van der Waals surface area contributed by atoms with Crippen LogP contribution in [0, 0.1) is 21.4 Å². The second-order valence-corrected chi connectivity index (χ2v) is 3.92. The van der Waals surface area contributed by atoms with Gasteiger partial charge in [0.05, 0.1) is 16.6 Å². The summed E-state index contributed by atoms with van der Waals surface area (Å²) >= 11 is 5.89. The lowest BCUT2D eigenvalue weighted by molar-refractivity contribution is -0.385. The number of allylic oxidation sites excluding steroid dienone is 1. The van der Waals surface area contributed by atoms with Gasteiger partial charge in [-0.15, -0.1) is 0 Å². The minimum Gasteiger partial charge on any atom is -0.487 e. The molecule has 0 aliphatic heterocycles. The lowest BCUT2D eigenvalue weighted by Crippen LogP contribution is -2.07. The van der Waals surface area contributed by atoms with E-state index in [1.54, 1.807) is 13.0 Å². The van der Waals surface area contributed by atoms with Crippen molar-refractivity contribution in [3.05, 3.63) is 44.6 Å². The third kappa shape index (κ3) is 3.05. The van der Waals surface area contributed by atoms with E-state index in [-0.39, 0.29) is 28.5 Å². The summed E-state index contributed by atoms with van der Waals surface area (Å²) in [6.45, 7) is 1.86. The molecule has 0 aliphatic carbocycles. The Morgan fingerprint density at radius 2 is 2.30 bits per heavy atom. The van der Waals surface area contributed by atoms with E-state index in [0.29, 0.717) is 0 Å². The van der Waals surface area contributed by atoms with Gasteiger partial charge in [0.1, 0.15) is 11.6 Å². The molecule has 0 unspecified atom stereocenters. The number of carbonyl (C=O) groups excluding carboxylic acids is 1. The highest BCUT2D eigenvalue weighted by Gasteiger charge is 2.23. The van der Waals surface area contributed by atoms with Crippen LogP contribution in [0.15, 0.2) is 23.9 Å². The summed E-state index contributed by atoms with van der Waals surface area (Å²) in [6, 6.07) is 3.73. The van der Waals surface area contributed by atoms with Gasteiger partial charge < -0.3 is 10.5 Å². The lowest BCUT2D eigenvalue weighted by atomic mass is 10.0. The van der Waals surface area contributed by atoms with Gasteiger partial charge in [-0.25, -0.2) is 0 Å². The summed E-state index contributed by atoms with van der Waals surface area (Å²) in [6.07, 6.45) is 0.820. The van der Waals surface area contributed by atoms with Crippen LogP contribution in [0.2, 0.25) is 5.02 Å². The van der Waals surface area contributed by atoms with Crippen LogP contribution < -0.4 is 10.5 Å². The summed E-state index contributed by atoms with van der Waals surface area (Å²) in [5.74, 6) is -0.833. The molecule has 20 heavy (non-hydrogen) atoms. The van der Waals surface area contributed by atoms with Gasteiger partial charge in [0, 0.05) is 23.9 Å². The smallest absolute Gasteiger partial charge is 0.311 e. The van der Waals surface area contributed by atoms with Crippen molar-refractivity contribution in [2.24, 2.45) is 5.73 Å². The third-order valence-corrected chi connectivity index (χ3v) is 2.63. The largest absolute Gasteiger partial charge is 0.487 e. The predicted octanol–water partition coefficient (Wildman–Crippen LogP) is 2.20. The van der Waals surface area contributed by atoms with E-state index in [4.69, 9.17) is 27.3 Å². The SMILES string of the molecule is CCOc1cc(Cl)c(C(=O)/C(C#N)=C/N)cc1[N+](=O)[O-]. The summed E-state index contributed by atoms with van der Waals surface area (Å²) in [5.41, 5.74) is 4.19. The molecule has 0 bridgehead atoms. The molecule has 0 aromatic heterocycles. The maximum absolute atomic E-state index is 12.0. The highest BCUT2D eigenvalue weighted by Crippen LogP contribution is 2.34. The van der Waals surface area contributed by atoms with E-state index in [2.05, 4.69) is 0 Å². The zero-order chi connectivity index (χ0) is 15.3. The Morgan fingerprint density at radius 1 is 1.65 bits per heavy atom. The number of nitro benzene ring substituents is 1. The maximum atomic E-state index is 12.0. The number of nitro groups is 1. The van der Waals surface area contributed by atoms with Crippen molar-refractivity contribution in [1.82, 2.24) is 0 Å². The molecule has 0 spiro atoms. The first-order valence-corrected chi connectivity index (χ1v) is 5.81. The lowest BCUT2D eigenvalue weighted by Gasteiger charge is -2.07. The molecule has 7 nitrogen and oxygen atoms in total. The van der Waals surface area contributed by atoms with Gasteiger partial charge in [0.25, 0.3) is 0 Å². The molecule has 0 amide bonds. The number of Topliss-reactive ketones (excluding diaryl/α,β-unsaturated/α-hetero) is 1. The number of carbonyl (C=O) groups is 1. The molecule has 104 valence electrons.